The molecule has 7 nitrogen and oxygen atoms in total. The summed E-state index contributed by atoms with van der Waals surface area (Å²) in [7, 11) is 1.70. The van der Waals surface area contributed by atoms with E-state index in [1.54, 1.807) is 25.6 Å². The number of imide groups is 1. The molecule has 0 bridgehead atoms. The summed E-state index contributed by atoms with van der Waals surface area (Å²) in [5.74, 6) is -2.27. The first-order valence-electron chi connectivity index (χ1n) is 8.27. The van der Waals surface area contributed by atoms with Gasteiger partial charge < -0.3 is 5.32 Å². The zero-order valence-electron chi connectivity index (χ0n) is 15.5. The molecule has 0 atom stereocenters. The van der Waals surface area contributed by atoms with Gasteiger partial charge in [-0.3, -0.25) is 14.8 Å². The molecule has 3 amide bonds. The fraction of sp³-hybridized carbons (Fsp3) is 0.222. The van der Waals surface area contributed by atoms with Gasteiger partial charge in [-0.05, 0) is 38.1 Å². The minimum atomic E-state index is -4.92. The number of aromatic nitrogens is 3. The second kappa shape index (κ2) is 7.15. The number of urea groups is 1. The Morgan fingerprint density at radius 1 is 1.10 bits per heavy atom. The molecule has 0 saturated heterocycles. The standard InChI is InChI=1S/C18H15F4N5O2/c1-8-12(7-11-9(2)26-27(3)15(11)23-8)16(28)25-17(29)24-10-4-5-14(19)13(6-10)18(20,21)22/h4-7H,1-3H3,(H2,24,25,28,29). The molecule has 1 aromatic carbocycles. The van der Waals surface area contributed by atoms with Gasteiger partial charge in [0.1, 0.15) is 5.82 Å². The minimum absolute atomic E-state index is 0.110. The first kappa shape index (κ1) is 20.2. The largest absolute Gasteiger partial charge is 0.419 e. The van der Waals surface area contributed by atoms with E-state index in [0.717, 1.165) is 6.07 Å². The van der Waals surface area contributed by atoms with E-state index in [1.807, 2.05) is 5.32 Å². The van der Waals surface area contributed by atoms with E-state index in [2.05, 4.69) is 15.4 Å². The van der Waals surface area contributed by atoms with Crippen LogP contribution in [0.3, 0.4) is 0 Å². The topological polar surface area (TPSA) is 88.9 Å². The molecule has 29 heavy (non-hydrogen) atoms. The van der Waals surface area contributed by atoms with Gasteiger partial charge >= 0.3 is 12.2 Å². The highest BCUT2D eigenvalue weighted by Crippen LogP contribution is 2.33. The molecule has 3 rings (SSSR count). The predicted molar refractivity (Wildman–Crippen MR) is 95.9 cm³/mol. The van der Waals surface area contributed by atoms with Crippen LogP contribution >= 0.6 is 0 Å². The van der Waals surface area contributed by atoms with Crippen molar-refractivity contribution in [2.75, 3.05) is 5.32 Å². The van der Waals surface area contributed by atoms with Gasteiger partial charge in [0.25, 0.3) is 5.91 Å². The molecule has 0 fully saturated rings. The first-order chi connectivity index (χ1) is 13.5. The Morgan fingerprint density at radius 3 is 2.45 bits per heavy atom. The molecule has 152 valence electrons. The number of aryl methyl sites for hydroxylation is 3. The van der Waals surface area contributed by atoms with E-state index in [4.69, 9.17) is 0 Å². The van der Waals surface area contributed by atoms with Crippen LogP contribution in [-0.4, -0.2) is 26.7 Å². The molecule has 0 saturated carbocycles. The van der Waals surface area contributed by atoms with Crippen LogP contribution in [0, 0.1) is 19.7 Å². The highest BCUT2D eigenvalue weighted by Gasteiger charge is 2.34. The summed E-state index contributed by atoms with van der Waals surface area (Å²) in [5.41, 5.74) is -0.200. The molecular formula is C18H15F4N5O2. The number of alkyl halides is 3. The van der Waals surface area contributed by atoms with Gasteiger partial charge in [-0.2, -0.15) is 18.3 Å². The van der Waals surface area contributed by atoms with Gasteiger partial charge in [-0.1, -0.05) is 0 Å². The number of hydrogen-bond acceptors (Lipinski definition) is 4. The van der Waals surface area contributed by atoms with Crippen LogP contribution in [0.25, 0.3) is 11.0 Å². The second-order valence-electron chi connectivity index (χ2n) is 6.30. The molecule has 0 spiro atoms. The van der Waals surface area contributed by atoms with E-state index in [9.17, 15) is 27.2 Å². The maximum atomic E-state index is 13.3. The number of benzene rings is 1. The van der Waals surface area contributed by atoms with Crippen LogP contribution < -0.4 is 10.6 Å². The fourth-order valence-electron chi connectivity index (χ4n) is 2.81. The van der Waals surface area contributed by atoms with Gasteiger partial charge in [0, 0.05) is 18.1 Å². The third kappa shape index (κ3) is 4.03. The summed E-state index contributed by atoms with van der Waals surface area (Å²) in [6.45, 7) is 3.31. The summed E-state index contributed by atoms with van der Waals surface area (Å²) in [4.78, 5) is 28.8. The first-order valence-corrected chi connectivity index (χ1v) is 8.27. The van der Waals surface area contributed by atoms with Crippen molar-refractivity contribution < 1.29 is 27.2 Å². The maximum Gasteiger partial charge on any atom is 0.419 e. The smallest absolute Gasteiger partial charge is 0.308 e. The number of carbonyl (C=O) groups excluding carboxylic acids is 2. The predicted octanol–water partition coefficient (Wildman–Crippen LogP) is 3.70. The number of pyridine rings is 1. The van der Waals surface area contributed by atoms with E-state index < -0.39 is 29.5 Å². The van der Waals surface area contributed by atoms with Crippen molar-refractivity contribution in [3.63, 3.8) is 0 Å². The number of rotatable bonds is 2. The summed E-state index contributed by atoms with van der Waals surface area (Å²) in [6, 6.07) is 2.43. The average molecular weight is 409 g/mol. The average Bonchev–Trinajstić information content (AvgIpc) is 2.88. The van der Waals surface area contributed by atoms with Crippen LogP contribution in [0.5, 0.6) is 0 Å². The molecular weight excluding hydrogens is 394 g/mol. The van der Waals surface area contributed by atoms with Crippen LogP contribution in [0.2, 0.25) is 0 Å². The van der Waals surface area contributed by atoms with Crippen molar-refractivity contribution in [3.8, 4) is 0 Å². The second-order valence-corrected chi connectivity index (χ2v) is 6.30. The van der Waals surface area contributed by atoms with Crippen molar-refractivity contribution >= 4 is 28.7 Å². The highest BCUT2D eigenvalue weighted by atomic mass is 19.4. The summed E-state index contributed by atoms with van der Waals surface area (Å²) >= 11 is 0. The molecule has 3 aromatic rings. The number of nitrogens with zero attached hydrogens (tertiary/aromatic N) is 3. The summed E-state index contributed by atoms with van der Waals surface area (Å²) < 4.78 is 53.2. The lowest BCUT2D eigenvalue weighted by Gasteiger charge is -2.12. The summed E-state index contributed by atoms with van der Waals surface area (Å²) in [5, 5.41) is 8.92. The van der Waals surface area contributed by atoms with Crippen LogP contribution in [0.1, 0.15) is 27.3 Å². The Labute approximate surface area is 161 Å². The summed E-state index contributed by atoms with van der Waals surface area (Å²) in [6.07, 6.45) is -4.92. The molecule has 0 aliphatic carbocycles. The Kier molecular flexibility index (Phi) is 4.99. The van der Waals surface area contributed by atoms with E-state index >= 15 is 0 Å². The molecule has 2 heterocycles. The van der Waals surface area contributed by atoms with Gasteiger partial charge in [0.05, 0.1) is 22.5 Å². The number of nitrogens with one attached hydrogen (secondary N) is 2. The van der Waals surface area contributed by atoms with Crippen molar-refractivity contribution in [2.24, 2.45) is 7.05 Å². The zero-order valence-corrected chi connectivity index (χ0v) is 15.5. The number of halogens is 4. The molecule has 0 aliphatic rings. The number of hydrogen-bond donors (Lipinski definition) is 2. The minimum Gasteiger partial charge on any atom is -0.308 e. The third-order valence-electron chi connectivity index (χ3n) is 4.19. The molecule has 0 unspecified atom stereocenters. The van der Waals surface area contributed by atoms with Crippen LogP contribution in [0.4, 0.5) is 28.0 Å². The Morgan fingerprint density at radius 2 is 1.79 bits per heavy atom. The lowest BCUT2D eigenvalue weighted by atomic mass is 10.1. The SMILES string of the molecule is Cc1nc2c(cc1C(=O)NC(=O)Nc1ccc(F)c(C(F)(F)F)c1)c(C)nn2C. The van der Waals surface area contributed by atoms with Crippen molar-refractivity contribution in [1.29, 1.82) is 0 Å². The van der Waals surface area contributed by atoms with Gasteiger partial charge in [-0.25, -0.2) is 14.2 Å². The van der Waals surface area contributed by atoms with Crippen molar-refractivity contribution in [2.45, 2.75) is 20.0 Å². The molecule has 2 aromatic heterocycles. The monoisotopic (exact) mass is 409 g/mol. The van der Waals surface area contributed by atoms with Gasteiger partial charge in [0.2, 0.25) is 0 Å². The van der Waals surface area contributed by atoms with E-state index in [1.165, 1.54) is 6.07 Å². The lowest BCUT2D eigenvalue weighted by Crippen LogP contribution is -2.35. The Bertz CT molecular complexity index is 1140. The number of carbonyl (C=O) groups is 2. The Balaban J connectivity index is 1.80. The Hall–Kier alpha value is -3.50. The van der Waals surface area contributed by atoms with Crippen LogP contribution in [-0.2, 0) is 13.2 Å². The number of amides is 3. The quantitative estimate of drug-likeness (QED) is 0.632. The highest BCUT2D eigenvalue weighted by molar-refractivity contribution is 6.09. The van der Waals surface area contributed by atoms with E-state index in [0.29, 0.717) is 34.6 Å². The number of fused-ring (bicyclic) bond motifs is 1. The van der Waals surface area contributed by atoms with Gasteiger partial charge in [-0.15, -0.1) is 0 Å². The van der Waals surface area contributed by atoms with E-state index in [-0.39, 0.29) is 11.3 Å². The van der Waals surface area contributed by atoms with Crippen LogP contribution in [0.15, 0.2) is 24.3 Å². The number of anilines is 1. The molecule has 11 heteroatoms. The third-order valence-corrected chi connectivity index (χ3v) is 4.19. The van der Waals surface area contributed by atoms with Gasteiger partial charge in [0.15, 0.2) is 5.65 Å². The molecule has 0 radical (unpaired) electrons. The van der Waals surface area contributed by atoms with Crippen molar-refractivity contribution in [3.05, 3.63) is 52.6 Å². The normalized spacial score (nSPS) is 11.6. The van der Waals surface area contributed by atoms with Crippen molar-refractivity contribution in [1.82, 2.24) is 20.1 Å². The molecule has 0 aliphatic heterocycles. The maximum absolute atomic E-state index is 13.3. The fourth-order valence-corrected chi connectivity index (χ4v) is 2.81. The zero-order chi connectivity index (χ0) is 21.5. The molecule has 2 N–H and O–H groups in total. The lowest BCUT2D eigenvalue weighted by molar-refractivity contribution is -0.139.